The van der Waals surface area contributed by atoms with Crippen LogP contribution in [-0.2, 0) is 16.4 Å². The van der Waals surface area contributed by atoms with Crippen LogP contribution in [-0.4, -0.2) is 35.6 Å². The standard InChI is InChI=1S/C19H18ClN3O3S2/c20-15-5-2-1-4-13(15)11-21-19(24)16-10-17(18-6-3-8-27-18)23(22-16)14-7-9-28(25,26)12-14/h1-6,8,10,14H,7,9,11-12H2,(H,21,24)/t14-/m0/s1. The van der Waals surface area contributed by atoms with Crippen LogP contribution in [0, 0.1) is 0 Å². The molecule has 28 heavy (non-hydrogen) atoms. The summed E-state index contributed by atoms with van der Waals surface area (Å²) in [5.74, 6) is -0.124. The largest absolute Gasteiger partial charge is 0.347 e. The summed E-state index contributed by atoms with van der Waals surface area (Å²) in [6.07, 6.45) is 0.503. The van der Waals surface area contributed by atoms with E-state index < -0.39 is 9.84 Å². The van der Waals surface area contributed by atoms with E-state index in [1.807, 2.05) is 35.7 Å². The van der Waals surface area contributed by atoms with Crippen molar-refractivity contribution in [2.75, 3.05) is 11.5 Å². The predicted octanol–water partition coefficient (Wildman–Crippen LogP) is 3.55. The second-order valence-electron chi connectivity index (χ2n) is 6.67. The Hall–Kier alpha value is -2.16. The molecular formula is C19H18ClN3O3S2. The summed E-state index contributed by atoms with van der Waals surface area (Å²) in [5.41, 5.74) is 1.84. The fraction of sp³-hybridized carbons (Fsp3) is 0.263. The molecule has 1 N–H and O–H groups in total. The quantitative estimate of drug-likeness (QED) is 0.664. The second kappa shape index (κ2) is 7.69. The highest BCUT2D eigenvalue weighted by Gasteiger charge is 2.32. The van der Waals surface area contributed by atoms with Gasteiger partial charge in [0.25, 0.3) is 5.91 Å². The number of halogens is 1. The molecule has 1 aliphatic heterocycles. The summed E-state index contributed by atoms with van der Waals surface area (Å²) in [5, 5.41) is 9.82. The number of nitrogens with zero attached hydrogens (tertiary/aromatic N) is 2. The lowest BCUT2D eigenvalue weighted by atomic mass is 10.2. The topological polar surface area (TPSA) is 81.1 Å². The lowest BCUT2D eigenvalue weighted by molar-refractivity contribution is 0.0945. The lowest BCUT2D eigenvalue weighted by Crippen LogP contribution is -2.24. The van der Waals surface area contributed by atoms with Gasteiger partial charge >= 0.3 is 0 Å². The SMILES string of the molecule is O=C(NCc1ccccc1Cl)c1cc(-c2cccs2)n([C@H]2CCS(=O)(=O)C2)n1. The van der Waals surface area contributed by atoms with Crippen LogP contribution >= 0.6 is 22.9 Å². The number of aromatic nitrogens is 2. The van der Waals surface area contributed by atoms with Crippen LogP contribution in [0.5, 0.6) is 0 Å². The van der Waals surface area contributed by atoms with Crippen molar-refractivity contribution in [1.82, 2.24) is 15.1 Å². The first-order chi connectivity index (χ1) is 13.4. The first-order valence-electron chi connectivity index (χ1n) is 8.78. The summed E-state index contributed by atoms with van der Waals surface area (Å²) in [6, 6.07) is 12.6. The van der Waals surface area contributed by atoms with Gasteiger partial charge in [-0.05, 0) is 35.6 Å². The van der Waals surface area contributed by atoms with E-state index in [0.717, 1.165) is 16.1 Å². The van der Waals surface area contributed by atoms with Gasteiger partial charge in [0.05, 0.1) is 28.1 Å². The summed E-state index contributed by atoms with van der Waals surface area (Å²) in [4.78, 5) is 13.6. The number of benzene rings is 1. The lowest BCUT2D eigenvalue weighted by Gasteiger charge is -2.12. The summed E-state index contributed by atoms with van der Waals surface area (Å²) >= 11 is 7.66. The molecular weight excluding hydrogens is 418 g/mol. The molecule has 1 saturated heterocycles. The Bertz CT molecular complexity index is 1110. The highest BCUT2D eigenvalue weighted by Crippen LogP contribution is 2.32. The monoisotopic (exact) mass is 435 g/mol. The fourth-order valence-corrected chi connectivity index (χ4v) is 5.90. The van der Waals surface area contributed by atoms with E-state index in [9.17, 15) is 13.2 Å². The fourth-order valence-electron chi connectivity index (χ4n) is 3.27. The maximum Gasteiger partial charge on any atom is 0.272 e. The van der Waals surface area contributed by atoms with Crippen molar-refractivity contribution in [2.24, 2.45) is 0 Å². The van der Waals surface area contributed by atoms with E-state index in [2.05, 4.69) is 10.4 Å². The van der Waals surface area contributed by atoms with Gasteiger partial charge in [-0.3, -0.25) is 9.48 Å². The number of sulfone groups is 1. The van der Waals surface area contributed by atoms with Crippen LogP contribution in [0.4, 0.5) is 0 Å². The highest BCUT2D eigenvalue weighted by molar-refractivity contribution is 7.91. The van der Waals surface area contributed by atoms with Crippen molar-refractivity contribution < 1.29 is 13.2 Å². The molecule has 4 rings (SSSR count). The number of carbonyl (C=O) groups excluding carboxylic acids is 1. The molecule has 1 fully saturated rings. The number of nitrogens with one attached hydrogen (secondary N) is 1. The van der Waals surface area contributed by atoms with Gasteiger partial charge in [0.1, 0.15) is 0 Å². The van der Waals surface area contributed by atoms with E-state index in [1.165, 1.54) is 11.3 Å². The molecule has 0 radical (unpaired) electrons. The van der Waals surface area contributed by atoms with Gasteiger partial charge in [-0.25, -0.2) is 8.42 Å². The predicted molar refractivity (Wildman–Crippen MR) is 110 cm³/mol. The van der Waals surface area contributed by atoms with E-state index in [-0.39, 0.29) is 35.7 Å². The van der Waals surface area contributed by atoms with Gasteiger partial charge in [-0.1, -0.05) is 35.9 Å². The highest BCUT2D eigenvalue weighted by atomic mass is 35.5. The van der Waals surface area contributed by atoms with Crippen molar-refractivity contribution in [3.8, 4) is 10.6 Å². The number of carbonyl (C=O) groups is 1. The second-order valence-corrected chi connectivity index (χ2v) is 10.3. The van der Waals surface area contributed by atoms with Gasteiger partial charge < -0.3 is 5.32 Å². The summed E-state index contributed by atoms with van der Waals surface area (Å²) in [7, 11) is -3.06. The molecule has 0 unspecified atom stereocenters. The number of rotatable bonds is 5. The van der Waals surface area contributed by atoms with Crippen LogP contribution in [0.15, 0.2) is 47.8 Å². The molecule has 0 aliphatic carbocycles. The van der Waals surface area contributed by atoms with Crippen LogP contribution in [0.3, 0.4) is 0 Å². The first-order valence-corrected chi connectivity index (χ1v) is 11.9. The van der Waals surface area contributed by atoms with Gasteiger partial charge in [-0.2, -0.15) is 5.10 Å². The zero-order valence-corrected chi connectivity index (χ0v) is 17.2. The molecule has 1 aromatic carbocycles. The van der Waals surface area contributed by atoms with Crippen LogP contribution in [0.1, 0.15) is 28.5 Å². The van der Waals surface area contributed by atoms with Crippen LogP contribution < -0.4 is 5.32 Å². The normalized spacial score (nSPS) is 18.2. The molecule has 146 valence electrons. The Balaban J connectivity index is 1.60. The minimum absolute atomic E-state index is 0.0493. The maximum absolute atomic E-state index is 12.7. The molecule has 9 heteroatoms. The molecule has 0 saturated carbocycles. The van der Waals surface area contributed by atoms with Crippen molar-refractivity contribution in [2.45, 2.75) is 19.0 Å². The Morgan fingerprint density at radius 3 is 2.79 bits per heavy atom. The molecule has 1 amide bonds. The van der Waals surface area contributed by atoms with Gasteiger partial charge in [-0.15, -0.1) is 11.3 Å². The molecule has 6 nitrogen and oxygen atoms in total. The summed E-state index contributed by atoms with van der Waals surface area (Å²) < 4.78 is 25.5. The van der Waals surface area contributed by atoms with Gasteiger partial charge in [0, 0.05) is 11.6 Å². The number of amides is 1. The Morgan fingerprint density at radius 2 is 2.11 bits per heavy atom. The number of thiophene rings is 1. The number of hydrogen-bond donors (Lipinski definition) is 1. The van der Waals surface area contributed by atoms with Crippen molar-refractivity contribution in [3.05, 3.63) is 64.1 Å². The van der Waals surface area contributed by atoms with E-state index in [4.69, 9.17) is 11.6 Å². The average Bonchev–Trinajstić information content (AvgIpc) is 3.39. The first kappa shape index (κ1) is 19.2. The van der Waals surface area contributed by atoms with E-state index in [1.54, 1.807) is 16.8 Å². The third-order valence-corrected chi connectivity index (χ3v) is 7.70. The molecule has 3 heterocycles. The van der Waals surface area contributed by atoms with Crippen molar-refractivity contribution in [3.63, 3.8) is 0 Å². The Labute approximate surface area is 172 Å². The van der Waals surface area contributed by atoms with Crippen molar-refractivity contribution in [1.29, 1.82) is 0 Å². The third-order valence-electron chi connectivity index (χ3n) is 4.69. The molecule has 1 atom stereocenters. The van der Waals surface area contributed by atoms with Crippen LogP contribution in [0.25, 0.3) is 10.6 Å². The molecule has 1 aliphatic rings. The molecule has 3 aromatic rings. The molecule has 0 bridgehead atoms. The minimum atomic E-state index is -3.06. The minimum Gasteiger partial charge on any atom is -0.347 e. The zero-order chi connectivity index (χ0) is 19.7. The number of hydrogen-bond acceptors (Lipinski definition) is 5. The Kier molecular flexibility index (Phi) is 5.27. The zero-order valence-electron chi connectivity index (χ0n) is 14.8. The molecule has 2 aromatic heterocycles. The summed E-state index contributed by atoms with van der Waals surface area (Å²) in [6.45, 7) is 0.289. The van der Waals surface area contributed by atoms with Crippen molar-refractivity contribution >= 4 is 38.7 Å². The van der Waals surface area contributed by atoms with E-state index in [0.29, 0.717) is 11.4 Å². The molecule has 0 spiro atoms. The van der Waals surface area contributed by atoms with E-state index >= 15 is 0 Å². The van der Waals surface area contributed by atoms with Gasteiger partial charge in [0.15, 0.2) is 15.5 Å². The maximum atomic E-state index is 12.7. The third kappa shape index (κ3) is 3.99. The smallest absolute Gasteiger partial charge is 0.272 e. The van der Waals surface area contributed by atoms with Crippen LogP contribution in [0.2, 0.25) is 5.02 Å². The van der Waals surface area contributed by atoms with Gasteiger partial charge in [0.2, 0.25) is 0 Å². The Morgan fingerprint density at radius 1 is 1.29 bits per heavy atom. The average molecular weight is 436 g/mol.